The number of carbonyl (C=O) groups is 3. The molecular weight excluding hydrogens is 380 g/mol. The van der Waals surface area contributed by atoms with E-state index >= 15 is 0 Å². The largest absolute Gasteiger partial charge is 0.458 e. The van der Waals surface area contributed by atoms with Crippen molar-refractivity contribution in [3.05, 3.63) is 23.8 Å². The highest BCUT2D eigenvalue weighted by atomic mass is 16.5. The van der Waals surface area contributed by atoms with E-state index in [2.05, 4.69) is 19.9 Å². The van der Waals surface area contributed by atoms with E-state index in [0.717, 1.165) is 32.1 Å². The van der Waals surface area contributed by atoms with Crippen LogP contribution in [0.5, 0.6) is 0 Å². The van der Waals surface area contributed by atoms with Crippen molar-refractivity contribution in [2.45, 2.75) is 71.8 Å². The van der Waals surface area contributed by atoms with Crippen LogP contribution in [-0.2, 0) is 19.1 Å². The number of allylic oxidation sites excluding steroid dienone is 4. The van der Waals surface area contributed by atoms with E-state index < -0.39 is 17.0 Å². The third-order valence-corrected chi connectivity index (χ3v) is 9.22. The standard InChI is InChI=1S/C25H34O5/c1-5-22(28)30-14-21(27)25(29)15(2)12-20-18-7-6-16-13-17(26)8-10-23(16,3)19(18)9-11-24(20,25)4/h8,10,13,15,18-20,29H,5-7,9,11-12,14H2,1-4H3/t15-,18+,19-,20-,23-,24-,25-/m0/s1. The molecule has 0 saturated heterocycles. The molecular formula is C25H34O5. The monoisotopic (exact) mass is 414 g/mol. The molecule has 0 spiro atoms. The summed E-state index contributed by atoms with van der Waals surface area (Å²) in [5, 5.41) is 11.8. The number of aliphatic hydroxyl groups is 1. The molecule has 164 valence electrons. The summed E-state index contributed by atoms with van der Waals surface area (Å²) in [5.41, 5.74) is -0.854. The molecule has 0 heterocycles. The minimum absolute atomic E-state index is 0.0812. The lowest BCUT2D eigenvalue weighted by molar-refractivity contribution is -0.173. The fraction of sp³-hybridized carbons (Fsp3) is 0.720. The molecule has 0 bridgehead atoms. The van der Waals surface area contributed by atoms with Gasteiger partial charge in [0.2, 0.25) is 5.78 Å². The van der Waals surface area contributed by atoms with E-state index in [1.54, 1.807) is 13.0 Å². The van der Waals surface area contributed by atoms with Crippen LogP contribution in [0, 0.1) is 34.5 Å². The predicted octanol–water partition coefficient (Wildman–Crippen LogP) is 3.79. The van der Waals surface area contributed by atoms with Gasteiger partial charge in [-0.15, -0.1) is 0 Å². The molecule has 5 nitrogen and oxygen atoms in total. The third kappa shape index (κ3) is 2.80. The van der Waals surface area contributed by atoms with Gasteiger partial charge >= 0.3 is 5.97 Å². The van der Waals surface area contributed by atoms with Gasteiger partial charge in [0.05, 0.1) is 0 Å². The third-order valence-electron chi connectivity index (χ3n) is 9.22. The lowest BCUT2D eigenvalue weighted by Crippen LogP contribution is -2.59. The molecule has 0 radical (unpaired) electrons. The molecule has 1 N–H and O–H groups in total. The molecule has 0 aromatic rings. The van der Waals surface area contributed by atoms with Crippen LogP contribution in [0.3, 0.4) is 0 Å². The normalized spacial score (nSPS) is 44.6. The van der Waals surface area contributed by atoms with Crippen molar-refractivity contribution >= 4 is 17.5 Å². The molecule has 4 aliphatic carbocycles. The van der Waals surface area contributed by atoms with Crippen LogP contribution in [0.1, 0.15) is 66.2 Å². The molecule has 3 saturated carbocycles. The van der Waals surface area contributed by atoms with Crippen LogP contribution in [0.15, 0.2) is 23.8 Å². The van der Waals surface area contributed by atoms with E-state index in [4.69, 9.17) is 4.74 Å². The van der Waals surface area contributed by atoms with Crippen molar-refractivity contribution < 1.29 is 24.2 Å². The number of Topliss-reactive ketones (excluding diaryl/α,β-unsaturated/α-hetero) is 1. The van der Waals surface area contributed by atoms with Gasteiger partial charge < -0.3 is 9.84 Å². The quantitative estimate of drug-likeness (QED) is 0.708. The van der Waals surface area contributed by atoms with Crippen molar-refractivity contribution in [3.63, 3.8) is 0 Å². The highest BCUT2D eigenvalue weighted by Gasteiger charge is 2.68. The SMILES string of the molecule is CCC(=O)OCC(=O)[C@@]1(O)[C@@H](C)C[C@H]2[C@@H]3CCC4=CC(=O)C=C[C@]4(C)[C@H]3CC[C@@]21C. The van der Waals surface area contributed by atoms with Crippen molar-refractivity contribution in [2.75, 3.05) is 6.61 Å². The molecule has 30 heavy (non-hydrogen) atoms. The predicted molar refractivity (Wildman–Crippen MR) is 112 cm³/mol. The number of ketones is 2. The van der Waals surface area contributed by atoms with Crippen molar-refractivity contribution in [1.29, 1.82) is 0 Å². The van der Waals surface area contributed by atoms with Gasteiger partial charge in [0.25, 0.3) is 0 Å². The summed E-state index contributed by atoms with van der Waals surface area (Å²) in [4.78, 5) is 36.6. The second-order valence-electron chi connectivity index (χ2n) is 10.4. The second-order valence-corrected chi connectivity index (χ2v) is 10.4. The second kappa shape index (κ2) is 7.15. The first kappa shape index (κ1) is 21.5. The number of ether oxygens (including phenoxy) is 1. The molecule has 4 rings (SSSR count). The van der Waals surface area contributed by atoms with Crippen LogP contribution in [0.4, 0.5) is 0 Å². The first-order chi connectivity index (χ1) is 14.1. The minimum atomic E-state index is -1.47. The molecule has 0 aromatic heterocycles. The van der Waals surface area contributed by atoms with E-state index in [9.17, 15) is 19.5 Å². The number of fused-ring (bicyclic) bond motifs is 5. The summed E-state index contributed by atoms with van der Waals surface area (Å²) < 4.78 is 5.11. The molecule has 0 unspecified atom stereocenters. The molecule has 5 heteroatoms. The zero-order chi connectivity index (χ0) is 21.9. The van der Waals surface area contributed by atoms with Gasteiger partial charge in [-0.1, -0.05) is 39.3 Å². The van der Waals surface area contributed by atoms with Crippen LogP contribution in [-0.4, -0.2) is 34.9 Å². The Morgan fingerprint density at radius 2 is 1.97 bits per heavy atom. The van der Waals surface area contributed by atoms with Crippen LogP contribution >= 0.6 is 0 Å². The number of hydrogen-bond acceptors (Lipinski definition) is 5. The fourth-order valence-corrected chi connectivity index (χ4v) is 7.49. The Hall–Kier alpha value is -1.75. The first-order valence-electron chi connectivity index (χ1n) is 11.4. The Balaban J connectivity index is 1.62. The lowest BCUT2D eigenvalue weighted by atomic mass is 9.47. The summed E-state index contributed by atoms with van der Waals surface area (Å²) in [5.74, 6) is 0.206. The summed E-state index contributed by atoms with van der Waals surface area (Å²) in [6.07, 6.45) is 10.2. The Morgan fingerprint density at radius 3 is 2.67 bits per heavy atom. The number of carbonyl (C=O) groups excluding carboxylic acids is 3. The average molecular weight is 415 g/mol. The first-order valence-corrected chi connectivity index (χ1v) is 11.4. The molecule has 0 aliphatic heterocycles. The maximum absolute atomic E-state index is 13.2. The molecule has 0 amide bonds. The number of hydrogen-bond donors (Lipinski definition) is 1. The van der Waals surface area contributed by atoms with Crippen molar-refractivity contribution in [2.24, 2.45) is 34.5 Å². The van der Waals surface area contributed by atoms with E-state index in [-0.39, 0.29) is 41.8 Å². The molecule has 3 fully saturated rings. The molecule has 0 aromatic carbocycles. The maximum atomic E-state index is 13.2. The van der Waals surface area contributed by atoms with Gasteiger partial charge in [-0.05, 0) is 67.9 Å². The average Bonchev–Trinajstić information content (AvgIpc) is 2.93. The highest BCUT2D eigenvalue weighted by Crippen LogP contribution is 2.68. The van der Waals surface area contributed by atoms with Crippen molar-refractivity contribution in [1.82, 2.24) is 0 Å². The van der Waals surface area contributed by atoms with Gasteiger partial charge in [-0.25, -0.2) is 0 Å². The van der Waals surface area contributed by atoms with E-state index in [1.807, 2.05) is 13.0 Å². The smallest absolute Gasteiger partial charge is 0.305 e. The van der Waals surface area contributed by atoms with Gasteiger partial charge in [0.15, 0.2) is 12.4 Å². The zero-order valence-electron chi connectivity index (χ0n) is 18.6. The van der Waals surface area contributed by atoms with Crippen molar-refractivity contribution in [3.8, 4) is 0 Å². The lowest BCUT2D eigenvalue weighted by Gasteiger charge is -2.58. The van der Waals surface area contributed by atoms with Gasteiger partial charge in [0, 0.05) is 17.3 Å². The van der Waals surface area contributed by atoms with Crippen LogP contribution in [0.2, 0.25) is 0 Å². The topological polar surface area (TPSA) is 80.7 Å². The Morgan fingerprint density at radius 1 is 1.23 bits per heavy atom. The number of esters is 1. The van der Waals surface area contributed by atoms with E-state index in [0.29, 0.717) is 11.8 Å². The van der Waals surface area contributed by atoms with Gasteiger partial charge in [-0.2, -0.15) is 0 Å². The Labute approximate surface area is 178 Å². The molecule has 7 atom stereocenters. The Bertz CT molecular complexity index is 840. The van der Waals surface area contributed by atoms with Crippen LogP contribution < -0.4 is 0 Å². The summed E-state index contributed by atoms with van der Waals surface area (Å²) >= 11 is 0. The summed E-state index contributed by atoms with van der Waals surface area (Å²) in [6, 6.07) is 0. The fourth-order valence-electron chi connectivity index (χ4n) is 7.49. The van der Waals surface area contributed by atoms with Gasteiger partial charge in [0.1, 0.15) is 5.60 Å². The molecule has 4 aliphatic rings. The number of rotatable bonds is 4. The van der Waals surface area contributed by atoms with Gasteiger partial charge in [-0.3, -0.25) is 14.4 Å². The van der Waals surface area contributed by atoms with E-state index in [1.165, 1.54) is 5.57 Å². The summed E-state index contributed by atoms with van der Waals surface area (Å²) in [7, 11) is 0. The highest BCUT2D eigenvalue weighted by molar-refractivity contribution is 6.01. The Kier molecular flexibility index (Phi) is 5.12. The minimum Gasteiger partial charge on any atom is -0.458 e. The zero-order valence-corrected chi connectivity index (χ0v) is 18.6. The van der Waals surface area contributed by atoms with Crippen LogP contribution in [0.25, 0.3) is 0 Å². The maximum Gasteiger partial charge on any atom is 0.305 e. The summed E-state index contributed by atoms with van der Waals surface area (Å²) in [6.45, 7) is 7.64.